The summed E-state index contributed by atoms with van der Waals surface area (Å²) in [6.45, 7) is 9.55. The van der Waals surface area contributed by atoms with Gasteiger partial charge < -0.3 is 19.5 Å². The molecule has 0 bridgehead atoms. The lowest BCUT2D eigenvalue weighted by Gasteiger charge is -2.32. The Kier molecular flexibility index (Phi) is 6.01. The summed E-state index contributed by atoms with van der Waals surface area (Å²) in [4.78, 5) is 25.4. The van der Waals surface area contributed by atoms with Crippen LogP contribution in [0.1, 0.15) is 47.5 Å². The van der Waals surface area contributed by atoms with Gasteiger partial charge in [-0.15, -0.1) is 0 Å². The summed E-state index contributed by atoms with van der Waals surface area (Å²) in [5.74, 6) is -1.11. The molecule has 1 fully saturated rings. The fourth-order valence-electron chi connectivity index (χ4n) is 2.44. The normalized spacial score (nSPS) is 21.8. The number of nitrogens with zero attached hydrogens (tertiary/aromatic N) is 1. The average molecular weight is 301 g/mol. The molecule has 1 rings (SSSR count). The number of likely N-dealkylation sites (tertiary alicyclic amines) is 1. The van der Waals surface area contributed by atoms with Gasteiger partial charge in [0.25, 0.3) is 0 Å². The van der Waals surface area contributed by atoms with Crippen molar-refractivity contribution in [2.24, 2.45) is 5.92 Å². The maximum Gasteiger partial charge on any atom is 0.410 e. The largest absolute Gasteiger partial charge is 0.466 e. The van der Waals surface area contributed by atoms with E-state index in [1.54, 1.807) is 34.6 Å². The van der Waals surface area contributed by atoms with E-state index in [-0.39, 0.29) is 6.61 Å². The van der Waals surface area contributed by atoms with Gasteiger partial charge in [-0.05, 0) is 47.5 Å². The third kappa shape index (κ3) is 4.88. The minimum atomic E-state index is -0.945. The molecular formula is C15H27NO5. The minimum absolute atomic E-state index is 0.274. The molecule has 0 aromatic rings. The van der Waals surface area contributed by atoms with E-state index in [9.17, 15) is 14.7 Å². The predicted molar refractivity (Wildman–Crippen MR) is 77.8 cm³/mol. The topological polar surface area (TPSA) is 76.1 Å². The Bertz CT molecular complexity index is 377. The van der Waals surface area contributed by atoms with Crippen molar-refractivity contribution < 1.29 is 24.2 Å². The third-order valence-corrected chi connectivity index (χ3v) is 3.49. The van der Waals surface area contributed by atoms with Gasteiger partial charge in [0.15, 0.2) is 0 Å². The number of hydrogen-bond acceptors (Lipinski definition) is 5. The fourth-order valence-corrected chi connectivity index (χ4v) is 2.44. The molecule has 0 saturated carbocycles. The summed E-state index contributed by atoms with van der Waals surface area (Å²) >= 11 is 0. The van der Waals surface area contributed by atoms with E-state index in [4.69, 9.17) is 9.47 Å². The molecule has 6 heteroatoms. The van der Waals surface area contributed by atoms with Crippen molar-refractivity contribution in [2.75, 3.05) is 13.2 Å². The highest BCUT2D eigenvalue weighted by atomic mass is 16.6. The highest BCUT2D eigenvalue weighted by Crippen LogP contribution is 2.26. The highest BCUT2D eigenvalue weighted by molar-refractivity contribution is 5.73. The number of esters is 1. The number of aliphatic hydroxyl groups is 1. The molecule has 0 aromatic heterocycles. The van der Waals surface area contributed by atoms with Crippen molar-refractivity contribution in [3.63, 3.8) is 0 Å². The number of carbonyl (C=O) groups excluding carboxylic acids is 2. The summed E-state index contributed by atoms with van der Waals surface area (Å²) in [5, 5.41) is 10.4. The summed E-state index contributed by atoms with van der Waals surface area (Å²) in [5.41, 5.74) is -0.581. The SMILES string of the molecule is CCOC(=O)[C@@H](C)[C@@H](O)[C@@H]1CCCN1C(=O)OC(C)(C)C. The second-order valence-corrected chi connectivity index (χ2v) is 6.41. The van der Waals surface area contributed by atoms with E-state index in [2.05, 4.69) is 0 Å². The Hall–Kier alpha value is -1.30. The van der Waals surface area contributed by atoms with Gasteiger partial charge >= 0.3 is 12.1 Å². The van der Waals surface area contributed by atoms with Gasteiger partial charge in [-0.1, -0.05) is 0 Å². The van der Waals surface area contributed by atoms with Gasteiger partial charge in [0, 0.05) is 6.54 Å². The highest BCUT2D eigenvalue weighted by Gasteiger charge is 2.40. The predicted octanol–water partition coefficient (Wildman–Crippen LogP) is 1.95. The lowest BCUT2D eigenvalue weighted by molar-refractivity contribution is -0.152. The molecule has 1 heterocycles. The van der Waals surface area contributed by atoms with Crippen molar-refractivity contribution >= 4 is 12.1 Å². The second-order valence-electron chi connectivity index (χ2n) is 6.41. The molecule has 3 atom stereocenters. The molecule has 1 amide bonds. The lowest BCUT2D eigenvalue weighted by Crippen LogP contribution is -2.48. The third-order valence-electron chi connectivity index (χ3n) is 3.49. The fraction of sp³-hybridized carbons (Fsp3) is 0.867. The number of rotatable bonds is 4. The molecule has 1 aliphatic rings. The lowest BCUT2D eigenvalue weighted by atomic mass is 9.96. The number of amides is 1. The van der Waals surface area contributed by atoms with Gasteiger partial charge in [-0.3, -0.25) is 4.79 Å². The van der Waals surface area contributed by atoms with Crippen molar-refractivity contribution in [3.05, 3.63) is 0 Å². The van der Waals surface area contributed by atoms with Crippen LogP contribution in [-0.4, -0.2) is 53.0 Å². The van der Waals surface area contributed by atoms with Gasteiger partial charge in [0.2, 0.25) is 0 Å². The maximum atomic E-state index is 12.2. The summed E-state index contributed by atoms with van der Waals surface area (Å²) in [6.07, 6.45) is 0.0555. The van der Waals surface area contributed by atoms with E-state index >= 15 is 0 Å². The maximum absolute atomic E-state index is 12.2. The van der Waals surface area contributed by atoms with Gasteiger partial charge in [0.05, 0.1) is 24.7 Å². The van der Waals surface area contributed by atoms with Crippen LogP contribution in [0.15, 0.2) is 0 Å². The molecule has 1 saturated heterocycles. The smallest absolute Gasteiger partial charge is 0.410 e. The van der Waals surface area contributed by atoms with Crippen LogP contribution in [0.5, 0.6) is 0 Å². The number of aliphatic hydroxyl groups excluding tert-OH is 1. The van der Waals surface area contributed by atoms with Crippen LogP contribution in [0, 0.1) is 5.92 Å². The summed E-state index contributed by atoms with van der Waals surface area (Å²) < 4.78 is 10.3. The van der Waals surface area contributed by atoms with Crippen molar-refractivity contribution in [1.82, 2.24) is 4.90 Å². The standard InChI is InChI=1S/C15H27NO5/c1-6-20-13(18)10(2)12(17)11-8-7-9-16(11)14(19)21-15(3,4)5/h10-12,17H,6-9H2,1-5H3/t10-,11-,12+/m0/s1. The van der Waals surface area contributed by atoms with Crippen LogP contribution in [-0.2, 0) is 14.3 Å². The first kappa shape index (κ1) is 17.8. The van der Waals surface area contributed by atoms with E-state index in [1.165, 1.54) is 4.90 Å². The van der Waals surface area contributed by atoms with E-state index in [0.717, 1.165) is 6.42 Å². The molecule has 0 aliphatic carbocycles. The molecular weight excluding hydrogens is 274 g/mol. The molecule has 0 aromatic carbocycles. The molecule has 1 N–H and O–H groups in total. The minimum Gasteiger partial charge on any atom is -0.466 e. The van der Waals surface area contributed by atoms with Gasteiger partial charge in [-0.2, -0.15) is 0 Å². The molecule has 0 radical (unpaired) electrons. The number of ether oxygens (including phenoxy) is 2. The van der Waals surface area contributed by atoms with Gasteiger partial charge in [-0.25, -0.2) is 4.79 Å². The monoisotopic (exact) mass is 301 g/mol. The van der Waals surface area contributed by atoms with Crippen LogP contribution in [0.4, 0.5) is 4.79 Å². The van der Waals surface area contributed by atoms with Gasteiger partial charge in [0.1, 0.15) is 5.60 Å². The Morgan fingerprint density at radius 1 is 1.38 bits per heavy atom. The molecule has 6 nitrogen and oxygen atoms in total. The molecule has 122 valence electrons. The van der Waals surface area contributed by atoms with Crippen LogP contribution in [0.25, 0.3) is 0 Å². The molecule has 0 unspecified atom stereocenters. The van der Waals surface area contributed by atoms with Crippen LogP contribution >= 0.6 is 0 Å². The number of hydrogen-bond donors (Lipinski definition) is 1. The van der Waals surface area contributed by atoms with E-state index in [0.29, 0.717) is 13.0 Å². The zero-order valence-corrected chi connectivity index (χ0v) is 13.6. The zero-order chi connectivity index (χ0) is 16.2. The quantitative estimate of drug-likeness (QED) is 0.803. The van der Waals surface area contributed by atoms with Crippen LogP contribution in [0.3, 0.4) is 0 Å². The second kappa shape index (κ2) is 7.11. The first-order valence-electron chi connectivity index (χ1n) is 7.51. The summed E-state index contributed by atoms with van der Waals surface area (Å²) in [7, 11) is 0. The van der Waals surface area contributed by atoms with Crippen molar-refractivity contribution in [3.8, 4) is 0 Å². The molecule has 1 aliphatic heterocycles. The number of carbonyl (C=O) groups is 2. The van der Waals surface area contributed by atoms with Crippen molar-refractivity contribution in [1.29, 1.82) is 0 Å². The Labute approximate surface area is 126 Å². The molecule has 0 spiro atoms. The van der Waals surface area contributed by atoms with Crippen LogP contribution in [0.2, 0.25) is 0 Å². The van der Waals surface area contributed by atoms with E-state index in [1.807, 2.05) is 0 Å². The van der Waals surface area contributed by atoms with Crippen molar-refractivity contribution in [2.45, 2.75) is 65.2 Å². The first-order chi connectivity index (χ1) is 9.67. The van der Waals surface area contributed by atoms with E-state index < -0.39 is 35.7 Å². The Balaban J connectivity index is 2.72. The molecule has 21 heavy (non-hydrogen) atoms. The Morgan fingerprint density at radius 2 is 2.00 bits per heavy atom. The average Bonchev–Trinajstić information content (AvgIpc) is 2.84. The van der Waals surface area contributed by atoms with Crippen LogP contribution < -0.4 is 0 Å². The summed E-state index contributed by atoms with van der Waals surface area (Å²) in [6, 6.07) is -0.403. The zero-order valence-electron chi connectivity index (χ0n) is 13.6. The first-order valence-corrected chi connectivity index (χ1v) is 7.51. The Morgan fingerprint density at radius 3 is 2.52 bits per heavy atom.